The van der Waals surface area contributed by atoms with Gasteiger partial charge in [-0.1, -0.05) is 41.4 Å². The van der Waals surface area contributed by atoms with Crippen LogP contribution in [-0.2, 0) is 11.3 Å². The van der Waals surface area contributed by atoms with Crippen LogP contribution in [0.5, 0.6) is 5.75 Å². The topological polar surface area (TPSA) is 42.4 Å². The molecule has 3 rings (SSSR count). The molecule has 3 aromatic rings. The minimum Gasteiger partial charge on any atom is -0.482 e. The van der Waals surface area contributed by atoms with Crippen LogP contribution < -0.4 is 4.74 Å². The van der Waals surface area contributed by atoms with Crippen LogP contribution in [0.1, 0.15) is 5.56 Å². The summed E-state index contributed by atoms with van der Waals surface area (Å²) in [5, 5.41) is 3.03. The largest absolute Gasteiger partial charge is 0.482 e. The first-order valence-corrected chi connectivity index (χ1v) is 8.43. The SMILES string of the molecule is CN(Cc1cccc2cnccc12)C(=O)COc1ccc(Cl)cc1Cl. The number of likely N-dealkylation sites (N-methyl/N-ethyl adjacent to an activating group) is 1. The van der Waals surface area contributed by atoms with Gasteiger partial charge in [-0.25, -0.2) is 0 Å². The molecule has 0 atom stereocenters. The van der Waals surface area contributed by atoms with Crippen molar-refractivity contribution in [2.45, 2.75) is 6.54 Å². The third-order valence-corrected chi connectivity index (χ3v) is 4.38. The van der Waals surface area contributed by atoms with E-state index in [0.29, 0.717) is 22.3 Å². The Labute approximate surface area is 155 Å². The summed E-state index contributed by atoms with van der Waals surface area (Å²) in [7, 11) is 1.75. The number of hydrogen-bond donors (Lipinski definition) is 0. The second-order valence-corrected chi connectivity index (χ2v) is 6.47. The van der Waals surface area contributed by atoms with Crippen molar-refractivity contribution in [3.05, 3.63) is 70.5 Å². The summed E-state index contributed by atoms with van der Waals surface area (Å²) >= 11 is 11.9. The number of nitrogens with zero attached hydrogens (tertiary/aromatic N) is 2. The number of pyridine rings is 1. The zero-order valence-corrected chi connectivity index (χ0v) is 15.1. The summed E-state index contributed by atoms with van der Waals surface area (Å²) in [6, 6.07) is 12.8. The Balaban J connectivity index is 1.66. The normalized spacial score (nSPS) is 10.7. The van der Waals surface area contributed by atoms with E-state index in [2.05, 4.69) is 4.98 Å². The molecule has 0 saturated carbocycles. The summed E-state index contributed by atoms with van der Waals surface area (Å²) in [4.78, 5) is 18.1. The number of fused-ring (bicyclic) bond motifs is 1. The molecule has 0 unspecified atom stereocenters. The van der Waals surface area contributed by atoms with Crippen LogP contribution in [0.25, 0.3) is 10.8 Å². The molecule has 1 amide bonds. The van der Waals surface area contributed by atoms with Crippen molar-refractivity contribution in [3.8, 4) is 5.75 Å². The summed E-state index contributed by atoms with van der Waals surface area (Å²) in [5.74, 6) is 0.293. The van der Waals surface area contributed by atoms with Crippen molar-refractivity contribution in [1.29, 1.82) is 0 Å². The molecular weight excluding hydrogens is 359 g/mol. The van der Waals surface area contributed by atoms with Crippen LogP contribution in [0.15, 0.2) is 54.9 Å². The first kappa shape index (κ1) is 17.5. The fourth-order valence-electron chi connectivity index (χ4n) is 2.51. The molecule has 6 heteroatoms. The van der Waals surface area contributed by atoms with E-state index >= 15 is 0 Å². The molecule has 4 nitrogen and oxygen atoms in total. The van der Waals surface area contributed by atoms with Crippen LogP contribution in [0.2, 0.25) is 10.0 Å². The minimum atomic E-state index is -0.142. The number of aromatic nitrogens is 1. The van der Waals surface area contributed by atoms with Crippen molar-refractivity contribution in [3.63, 3.8) is 0 Å². The molecular formula is C19H16Cl2N2O2. The Morgan fingerprint density at radius 1 is 1.20 bits per heavy atom. The Bertz CT molecular complexity index is 910. The zero-order valence-electron chi connectivity index (χ0n) is 13.6. The third-order valence-electron chi connectivity index (χ3n) is 3.85. The van der Waals surface area contributed by atoms with Gasteiger partial charge in [-0.05, 0) is 35.2 Å². The molecule has 0 aliphatic rings. The van der Waals surface area contributed by atoms with Gasteiger partial charge in [-0.15, -0.1) is 0 Å². The summed E-state index contributed by atoms with van der Waals surface area (Å²) in [5.41, 5.74) is 1.06. The van der Waals surface area contributed by atoms with Crippen molar-refractivity contribution >= 4 is 39.9 Å². The lowest BCUT2D eigenvalue weighted by Crippen LogP contribution is -2.31. The number of benzene rings is 2. The average Bonchev–Trinajstić information content (AvgIpc) is 2.61. The number of hydrogen-bond acceptors (Lipinski definition) is 3. The first-order valence-electron chi connectivity index (χ1n) is 7.68. The van der Waals surface area contributed by atoms with Crippen molar-refractivity contribution in [2.24, 2.45) is 0 Å². The summed E-state index contributed by atoms with van der Waals surface area (Å²) in [6.07, 6.45) is 3.56. The second kappa shape index (κ2) is 7.72. The lowest BCUT2D eigenvalue weighted by Gasteiger charge is -2.19. The van der Waals surface area contributed by atoms with Gasteiger partial charge in [0.15, 0.2) is 6.61 Å². The Hall–Kier alpha value is -2.30. The van der Waals surface area contributed by atoms with E-state index in [1.807, 2.05) is 30.5 Å². The molecule has 0 aliphatic heterocycles. The highest BCUT2D eigenvalue weighted by atomic mass is 35.5. The Morgan fingerprint density at radius 2 is 2.04 bits per heavy atom. The van der Waals surface area contributed by atoms with Gasteiger partial charge in [0.05, 0.1) is 5.02 Å². The van der Waals surface area contributed by atoms with Gasteiger partial charge in [0.2, 0.25) is 0 Å². The molecule has 128 valence electrons. The molecule has 1 heterocycles. The van der Waals surface area contributed by atoms with Crippen LogP contribution in [-0.4, -0.2) is 29.4 Å². The number of carbonyl (C=O) groups is 1. The van der Waals surface area contributed by atoms with Gasteiger partial charge in [-0.3, -0.25) is 9.78 Å². The van der Waals surface area contributed by atoms with E-state index in [1.54, 1.807) is 36.3 Å². The van der Waals surface area contributed by atoms with E-state index in [1.165, 1.54) is 0 Å². The molecule has 0 saturated heterocycles. The maximum Gasteiger partial charge on any atom is 0.260 e. The lowest BCUT2D eigenvalue weighted by atomic mass is 10.1. The Kier molecular flexibility index (Phi) is 5.41. The highest BCUT2D eigenvalue weighted by Crippen LogP contribution is 2.27. The Morgan fingerprint density at radius 3 is 2.84 bits per heavy atom. The van der Waals surface area contributed by atoms with Crippen LogP contribution in [0.4, 0.5) is 0 Å². The van der Waals surface area contributed by atoms with E-state index in [9.17, 15) is 4.79 Å². The average molecular weight is 375 g/mol. The molecule has 25 heavy (non-hydrogen) atoms. The van der Waals surface area contributed by atoms with Crippen LogP contribution >= 0.6 is 23.2 Å². The molecule has 0 N–H and O–H groups in total. The molecule has 0 spiro atoms. The quantitative estimate of drug-likeness (QED) is 0.656. The van der Waals surface area contributed by atoms with Crippen LogP contribution in [0, 0.1) is 0 Å². The fraction of sp³-hybridized carbons (Fsp3) is 0.158. The molecule has 0 fully saturated rings. The number of carbonyl (C=O) groups excluding carboxylic acids is 1. The van der Waals surface area contributed by atoms with Crippen molar-refractivity contribution in [2.75, 3.05) is 13.7 Å². The number of ether oxygens (including phenoxy) is 1. The smallest absolute Gasteiger partial charge is 0.260 e. The monoisotopic (exact) mass is 374 g/mol. The highest BCUT2D eigenvalue weighted by Gasteiger charge is 2.13. The molecule has 2 aromatic carbocycles. The lowest BCUT2D eigenvalue weighted by molar-refractivity contribution is -0.132. The van der Waals surface area contributed by atoms with Crippen molar-refractivity contribution < 1.29 is 9.53 Å². The third kappa shape index (κ3) is 4.21. The minimum absolute atomic E-state index is 0.0931. The number of amides is 1. The maximum absolute atomic E-state index is 12.4. The van der Waals surface area contributed by atoms with Crippen molar-refractivity contribution in [1.82, 2.24) is 9.88 Å². The van der Waals surface area contributed by atoms with Gasteiger partial charge in [-0.2, -0.15) is 0 Å². The van der Waals surface area contributed by atoms with E-state index in [-0.39, 0.29) is 12.5 Å². The molecule has 1 aromatic heterocycles. The van der Waals surface area contributed by atoms with Crippen LogP contribution in [0.3, 0.4) is 0 Å². The predicted octanol–water partition coefficient (Wildman–Crippen LogP) is 4.58. The summed E-state index contributed by atoms with van der Waals surface area (Å²) < 4.78 is 5.51. The molecule has 0 radical (unpaired) electrons. The first-order chi connectivity index (χ1) is 12.0. The number of halogens is 2. The number of rotatable bonds is 5. The van der Waals surface area contributed by atoms with Gasteiger partial charge >= 0.3 is 0 Å². The molecule has 0 bridgehead atoms. The predicted molar refractivity (Wildman–Crippen MR) is 100 cm³/mol. The standard InChI is InChI=1S/C19H16Cl2N2O2/c1-23(11-14-4-2-3-13-10-22-8-7-16(13)14)19(24)12-25-18-6-5-15(20)9-17(18)21/h2-10H,11-12H2,1H3. The van der Waals surface area contributed by atoms with Gasteiger partial charge in [0, 0.05) is 36.4 Å². The van der Waals surface area contributed by atoms with E-state index in [4.69, 9.17) is 27.9 Å². The zero-order chi connectivity index (χ0) is 17.8. The maximum atomic E-state index is 12.4. The molecule has 0 aliphatic carbocycles. The van der Waals surface area contributed by atoms with Gasteiger partial charge in [0.1, 0.15) is 5.75 Å². The van der Waals surface area contributed by atoms with Gasteiger partial charge in [0.25, 0.3) is 5.91 Å². The van der Waals surface area contributed by atoms with Gasteiger partial charge < -0.3 is 9.64 Å². The second-order valence-electron chi connectivity index (χ2n) is 5.63. The summed E-state index contributed by atoms with van der Waals surface area (Å²) in [6.45, 7) is 0.391. The highest BCUT2D eigenvalue weighted by molar-refractivity contribution is 6.35. The van der Waals surface area contributed by atoms with E-state index in [0.717, 1.165) is 16.3 Å². The fourth-order valence-corrected chi connectivity index (χ4v) is 2.98. The van der Waals surface area contributed by atoms with E-state index < -0.39 is 0 Å².